The number of para-hydroxylation sites is 1. The summed E-state index contributed by atoms with van der Waals surface area (Å²) >= 11 is 5.98. The second kappa shape index (κ2) is 14.2. The average Bonchev–Trinajstić information content (AvgIpc) is 3.02. The van der Waals surface area contributed by atoms with Crippen LogP contribution < -0.4 is 18.9 Å². The quantitative estimate of drug-likeness (QED) is 0.129. The molecule has 1 unspecified atom stereocenters. The van der Waals surface area contributed by atoms with Crippen LogP contribution in [0.4, 0.5) is 0 Å². The normalized spacial score (nSPS) is 11.6. The van der Waals surface area contributed by atoms with Gasteiger partial charge in [-0.1, -0.05) is 66.2 Å². The minimum atomic E-state index is -1.14. The van der Waals surface area contributed by atoms with Crippen LogP contribution in [0.2, 0.25) is 5.02 Å². The van der Waals surface area contributed by atoms with Crippen molar-refractivity contribution >= 4 is 29.4 Å². The molecule has 0 amide bonds. The molecular formula is C34H31ClO7. The van der Waals surface area contributed by atoms with Gasteiger partial charge in [-0.25, -0.2) is 4.79 Å². The molecule has 4 aromatic carbocycles. The average molecular weight is 587 g/mol. The van der Waals surface area contributed by atoms with E-state index >= 15 is 0 Å². The third-order valence-electron chi connectivity index (χ3n) is 6.64. The minimum Gasteiger partial charge on any atom is -0.493 e. The molecule has 0 aliphatic rings. The number of carbonyl (C=O) groups is 2. The van der Waals surface area contributed by atoms with Crippen molar-refractivity contribution in [3.8, 4) is 34.1 Å². The van der Waals surface area contributed by atoms with E-state index in [9.17, 15) is 14.7 Å². The summed E-state index contributed by atoms with van der Waals surface area (Å²) in [5.41, 5.74) is 3.95. The summed E-state index contributed by atoms with van der Waals surface area (Å²) in [4.78, 5) is 25.2. The van der Waals surface area contributed by atoms with Gasteiger partial charge in [0.05, 0.1) is 26.9 Å². The molecule has 0 aromatic heterocycles. The molecule has 0 aliphatic heterocycles. The number of carbonyl (C=O) groups excluding carboxylic acids is 1. The van der Waals surface area contributed by atoms with Crippen molar-refractivity contribution in [3.05, 3.63) is 113 Å². The zero-order chi connectivity index (χ0) is 30.1. The van der Waals surface area contributed by atoms with Crippen LogP contribution in [-0.4, -0.2) is 44.3 Å². The van der Waals surface area contributed by atoms with E-state index in [0.29, 0.717) is 34.3 Å². The topological polar surface area (TPSA) is 91.3 Å². The summed E-state index contributed by atoms with van der Waals surface area (Å²) in [6, 6.07) is 25.5. The molecule has 4 rings (SSSR count). The zero-order valence-corrected chi connectivity index (χ0v) is 24.3. The molecule has 0 bridgehead atoms. The molecule has 0 saturated heterocycles. The number of allylic oxidation sites excluding steroid dienone is 1. The number of ether oxygens (including phenoxy) is 4. The van der Waals surface area contributed by atoms with Crippen LogP contribution in [0.1, 0.15) is 27.9 Å². The number of ketones is 1. The number of methoxy groups -OCH3 is 3. The van der Waals surface area contributed by atoms with Gasteiger partial charge in [-0.2, -0.15) is 0 Å². The number of aryl methyl sites for hydroxylation is 1. The van der Waals surface area contributed by atoms with Crippen LogP contribution in [0.5, 0.6) is 23.0 Å². The van der Waals surface area contributed by atoms with E-state index in [1.165, 1.54) is 27.4 Å². The lowest BCUT2D eigenvalue weighted by atomic mass is 10.0. The van der Waals surface area contributed by atoms with Gasteiger partial charge >= 0.3 is 5.97 Å². The number of carboxylic acid groups (broad SMARTS) is 1. The zero-order valence-electron chi connectivity index (χ0n) is 23.5. The number of benzene rings is 4. The fourth-order valence-corrected chi connectivity index (χ4v) is 4.55. The Bertz CT molecular complexity index is 1540. The number of carboxylic acids is 1. The highest BCUT2D eigenvalue weighted by Crippen LogP contribution is 2.38. The third kappa shape index (κ3) is 7.50. The van der Waals surface area contributed by atoms with Crippen LogP contribution in [0.25, 0.3) is 17.2 Å². The van der Waals surface area contributed by atoms with E-state index in [4.69, 9.17) is 30.5 Å². The van der Waals surface area contributed by atoms with Gasteiger partial charge in [0.1, 0.15) is 5.75 Å². The molecule has 7 nitrogen and oxygen atoms in total. The van der Waals surface area contributed by atoms with Gasteiger partial charge in [-0.05, 0) is 77.6 Å². The standard InChI is InChI=1S/C34H31ClO7/c1-39-31-20-23(21-32(40-2)33(31)41-3)10-18-28(36)27-6-4-5-7-29(27)42-30(34(37)38)19-11-22-8-12-24(13-9-22)25-14-16-26(35)17-15-25/h4-10,12-18,20-21,30H,11,19H2,1-3H3,(H,37,38). The maximum Gasteiger partial charge on any atom is 0.344 e. The van der Waals surface area contributed by atoms with E-state index < -0.39 is 12.1 Å². The highest BCUT2D eigenvalue weighted by Gasteiger charge is 2.22. The summed E-state index contributed by atoms with van der Waals surface area (Å²) < 4.78 is 22.0. The van der Waals surface area contributed by atoms with E-state index in [2.05, 4.69) is 0 Å². The monoisotopic (exact) mass is 586 g/mol. The first-order valence-corrected chi connectivity index (χ1v) is 13.6. The van der Waals surface area contributed by atoms with Crippen molar-refractivity contribution in [1.29, 1.82) is 0 Å². The molecule has 42 heavy (non-hydrogen) atoms. The van der Waals surface area contributed by atoms with E-state index in [1.807, 2.05) is 48.5 Å². The molecule has 0 radical (unpaired) electrons. The molecule has 0 fully saturated rings. The Hall–Kier alpha value is -4.75. The summed E-state index contributed by atoms with van der Waals surface area (Å²) in [6.07, 6.45) is 2.57. The Morgan fingerprint density at radius 1 is 0.810 bits per heavy atom. The fraction of sp³-hybridized carbons (Fsp3) is 0.176. The van der Waals surface area contributed by atoms with Crippen LogP contribution in [0.15, 0.2) is 91.0 Å². The lowest BCUT2D eigenvalue weighted by Crippen LogP contribution is -2.28. The Kier molecular flexibility index (Phi) is 10.2. The highest BCUT2D eigenvalue weighted by atomic mass is 35.5. The van der Waals surface area contributed by atoms with Crippen molar-refractivity contribution in [2.75, 3.05) is 21.3 Å². The second-order valence-corrected chi connectivity index (χ2v) is 9.78. The Morgan fingerprint density at radius 2 is 1.40 bits per heavy atom. The highest BCUT2D eigenvalue weighted by molar-refractivity contribution is 6.30. The number of aliphatic carboxylic acids is 1. The van der Waals surface area contributed by atoms with Gasteiger partial charge in [0.25, 0.3) is 0 Å². The molecule has 0 saturated carbocycles. The molecule has 1 N–H and O–H groups in total. The van der Waals surface area contributed by atoms with Gasteiger partial charge in [-0.15, -0.1) is 0 Å². The third-order valence-corrected chi connectivity index (χ3v) is 6.89. The van der Waals surface area contributed by atoms with Crippen molar-refractivity contribution in [3.63, 3.8) is 0 Å². The first-order valence-electron chi connectivity index (χ1n) is 13.2. The van der Waals surface area contributed by atoms with Gasteiger partial charge in [0.15, 0.2) is 23.4 Å². The molecule has 216 valence electrons. The fourth-order valence-electron chi connectivity index (χ4n) is 4.42. The van der Waals surface area contributed by atoms with Crippen LogP contribution in [0.3, 0.4) is 0 Å². The second-order valence-electron chi connectivity index (χ2n) is 9.34. The molecule has 1 atom stereocenters. The smallest absolute Gasteiger partial charge is 0.344 e. The van der Waals surface area contributed by atoms with Gasteiger partial charge in [-0.3, -0.25) is 4.79 Å². The lowest BCUT2D eigenvalue weighted by molar-refractivity contribution is -0.145. The summed E-state index contributed by atoms with van der Waals surface area (Å²) in [7, 11) is 4.54. The van der Waals surface area contributed by atoms with Crippen molar-refractivity contribution in [2.24, 2.45) is 0 Å². The Morgan fingerprint density at radius 3 is 1.98 bits per heavy atom. The van der Waals surface area contributed by atoms with Crippen molar-refractivity contribution in [2.45, 2.75) is 18.9 Å². The predicted molar refractivity (Wildman–Crippen MR) is 163 cm³/mol. The van der Waals surface area contributed by atoms with Gasteiger partial charge in [0.2, 0.25) is 5.75 Å². The molecule has 4 aromatic rings. The lowest BCUT2D eigenvalue weighted by Gasteiger charge is -2.17. The van der Waals surface area contributed by atoms with E-state index in [0.717, 1.165) is 16.7 Å². The van der Waals surface area contributed by atoms with Gasteiger partial charge < -0.3 is 24.1 Å². The van der Waals surface area contributed by atoms with E-state index in [-0.39, 0.29) is 23.5 Å². The predicted octanol–water partition coefficient (Wildman–Crippen LogP) is 7.39. The molecule has 8 heteroatoms. The SMILES string of the molecule is COc1cc(C=CC(=O)c2ccccc2OC(CCc2ccc(-c3ccc(Cl)cc3)cc2)C(=O)O)cc(OC)c1OC. The Labute approximate surface area is 249 Å². The van der Waals surface area contributed by atoms with Crippen LogP contribution >= 0.6 is 11.6 Å². The maximum atomic E-state index is 13.2. The maximum absolute atomic E-state index is 13.2. The summed E-state index contributed by atoms with van der Waals surface area (Å²) in [6.45, 7) is 0. The first kappa shape index (κ1) is 30.2. The number of hydrogen-bond donors (Lipinski definition) is 1. The first-order chi connectivity index (χ1) is 20.3. The van der Waals surface area contributed by atoms with Crippen LogP contribution in [0, 0.1) is 0 Å². The van der Waals surface area contributed by atoms with Crippen molar-refractivity contribution < 1.29 is 33.6 Å². The molecule has 0 heterocycles. The number of hydrogen-bond acceptors (Lipinski definition) is 6. The summed E-state index contributed by atoms with van der Waals surface area (Å²) in [5, 5.41) is 10.6. The number of rotatable bonds is 13. The van der Waals surface area contributed by atoms with Crippen LogP contribution in [-0.2, 0) is 11.2 Å². The van der Waals surface area contributed by atoms with E-state index in [1.54, 1.807) is 42.5 Å². The number of halogens is 1. The molecule has 0 spiro atoms. The summed E-state index contributed by atoms with van der Waals surface area (Å²) in [5.74, 6) is 0.0967. The Balaban J connectivity index is 1.46. The molecular weight excluding hydrogens is 556 g/mol. The minimum absolute atomic E-state index is 0.197. The van der Waals surface area contributed by atoms with Gasteiger partial charge in [0, 0.05) is 5.02 Å². The van der Waals surface area contributed by atoms with Crippen molar-refractivity contribution in [1.82, 2.24) is 0 Å². The largest absolute Gasteiger partial charge is 0.493 e. The molecule has 0 aliphatic carbocycles.